The Morgan fingerprint density at radius 3 is 2.52 bits per heavy atom. The third kappa shape index (κ3) is 3.62. The molecule has 2 N–H and O–H groups in total. The van der Waals surface area contributed by atoms with Crippen LogP contribution in [0.3, 0.4) is 0 Å². The van der Waals surface area contributed by atoms with E-state index in [9.17, 15) is 9.59 Å². The molecular formula is C22H26N4O3. The van der Waals surface area contributed by atoms with Crippen LogP contribution in [0.15, 0.2) is 47.1 Å². The van der Waals surface area contributed by atoms with Gasteiger partial charge in [-0.25, -0.2) is 4.79 Å². The maximum atomic E-state index is 12.7. The van der Waals surface area contributed by atoms with Crippen LogP contribution in [0.1, 0.15) is 29.8 Å². The highest BCUT2D eigenvalue weighted by atomic mass is 16.3. The highest BCUT2D eigenvalue weighted by Gasteiger charge is 2.48. The molecule has 0 radical (unpaired) electrons. The summed E-state index contributed by atoms with van der Waals surface area (Å²) in [6.07, 6.45) is 5.38. The fourth-order valence-corrected chi connectivity index (χ4v) is 5.16. The second-order valence-corrected chi connectivity index (χ2v) is 8.33. The minimum absolute atomic E-state index is 0.0332. The van der Waals surface area contributed by atoms with Crippen molar-refractivity contribution < 1.29 is 14.0 Å². The quantitative estimate of drug-likeness (QED) is 0.836. The lowest BCUT2D eigenvalue weighted by Gasteiger charge is -2.33. The number of hydrogen-bond donors (Lipinski definition) is 2. The fraction of sp³-hybridized carbons (Fsp3) is 0.455. The van der Waals surface area contributed by atoms with Crippen molar-refractivity contribution in [3.63, 3.8) is 0 Å². The lowest BCUT2D eigenvalue weighted by molar-refractivity contribution is 0.0996. The van der Waals surface area contributed by atoms with Crippen molar-refractivity contribution >= 4 is 23.3 Å². The molecule has 2 aromatic rings. The van der Waals surface area contributed by atoms with Gasteiger partial charge in [-0.2, -0.15) is 0 Å². The van der Waals surface area contributed by atoms with Crippen LogP contribution in [0.2, 0.25) is 0 Å². The maximum absolute atomic E-state index is 12.7. The molecule has 29 heavy (non-hydrogen) atoms. The average Bonchev–Trinajstić information content (AvgIpc) is 3.45. The molecule has 3 fully saturated rings. The zero-order chi connectivity index (χ0) is 19.8. The molecule has 3 aliphatic rings. The summed E-state index contributed by atoms with van der Waals surface area (Å²) < 4.78 is 5.09. The molecule has 5 rings (SSSR count). The molecule has 0 unspecified atom stereocenters. The molecule has 3 aliphatic heterocycles. The maximum Gasteiger partial charge on any atom is 0.321 e. The number of nitrogens with one attached hydrogen (secondary N) is 2. The molecule has 7 heteroatoms. The Balaban J connectivity index is 1.16. The second-order valence-electron chi connectivity index (χ2n) is 8.33. The van der Waals surface area contributed by atoms with Gasteiger partial charge in [-0.3, -0.25) is 9.69 Å². The SMILES string of the molecule is O=C(Nc1ccc(NC(=O)N2C[C@@H]3CN4CCCC[C@@H]4[C@H]3C2)cc1)c1ccco1. The number of hydrogen-bond acceptors (Lipinski definition) is 4. The van der Waals surface area contributed by atoms with Crippen LogP contribution in [-0.2, 0) is 0 Å². The molecule has 0 aliphatic carbocycles. The van der Waals surface area contributed by atoms with E-state index in [0.717, 1.165) is 25.3 Å². The molecule has 3 atom stereocenters. The summed E-state index contributed by atoms with van der Waals surface area (Å²) in [5.41, 5.74) is 1.37. The van der Waals surface area contributed by atoms with Gasteiger partial charge < -0.3 is 20.0 Å². The monoisotopic (exact) mass is 394 g/mol. The van der Waals surface area contributed by atoms with Gasteiger partial charge >= 0.3 is 6.03 Å². The van der Waals surface area contributed by atoms with E-state index >= 15 is 0 Å². The molecule has 152 valence electrons. The zero-order valence-electron chi connectivity index (χ0n) is 16.3. The van der Waals surface area contributed by atoms with Crippen LogP contribution in [0.5, 0.6) is 0 Å². The van der Waals surface area contributed by atoms with Crippen LogP contribution in [0.25, 0.3) is 0 Å². The summed E-state index contributed by atoms with van der Waals surface area (Å²) >= 11 is 0. The molecule has 0 bridgehead atoms. The Labute approximate surface area is 170 Å². The lowest BCUT2D eigenvalue weighted by atomic mass is 9.90. The summed E-state index contributed by atoms with van der Waals surface area (Å²) in [5.74, 6) is 1.20. The van der Waals surface area contributed by atoms with E-state index in [1.165, 1.54) is 32.1 Å². The highest BCUT2D eigenvalue weighted by molar-refractivity contribution is 6.02. The molecule has 0 spiro atoms. The van der Waals surface area contributed by atoms with Gasteiger partial charge in [0.05, 0.1) is 6.26 Å². The fourth-order valence-electron chi connectivity index (χ4n) is 5.16. The van der Waals surface area contributed by atoms with Crippen LogP contribution in [0, 0.1) is 11.8 Å². The number of piperidine rings is 1. The number of furan rings is 1. The Bertz CT molecular complexity index is 880. The van der Waals surface area contributed by atoms with Crippen molar-refractivity contribution in [1.29, 1.82) is 0 Å². The van der Waals surface area contributed by atoms with Crippen LogP contribution < -0.4 is 10.6 Å². The van der Waals surface area contributed by atoms with E-state index in [0.29, 0.717) is 23.6 Å². The molecular weight excluding hydrogens is 368 g/mol. The molecule has 3 saturated heterocycles. The van der Waals surface area contributed by atoms with Crippen molar-refractivity contribution in [2.24, 2.45) is 11.8 Å². The van der Waals surface area contributed by atoms with E-state index in [1.54, 1.807) is 36.4 Å². The van der Waals surface area contributed by atoms with Gasteiger partial charge in [0.1, 0.15) is 0 Å². The Hall–Kier alpha value is -2.80. The van der Waals surface area contributed by atoms with E-state index in [-0.39, 0.29) is 17.7 Å². The first-order valence-corrected chi connectivity index (χ1v) is 10.4. The Kier molecular flexibility index (Phi) is 4.75. The number of rotatable bonds is 3. The van der Waals surface area contributed by atoms with Gasteiger partial charge in [0.15, 0.2) is 5.76 Å². The van der Waals surface area contributed by atoms with E-state index in [4.69, 9.17) is 4.42 Å². The standard InChI is InChI=1S/C22H26N4O3/c27-21(20-5-3-11-29-20)23-16-6-8-17(9-7-16)24-22(28)26-13-15-12-25-10-2-1-4-19(25)18(15)14-26/h3,5-9,11,15,18-19H,1-2,4,10,12-14H2,(H,23,27)(H,24,28)/t15-,18-,19+/m0/s1. The molecule has 0 saturated carbocycles. The van der Waals surface area contributed by atoms with E-state index < -0.39 is 0 Å². The molecule has 1 aromatic carbocycles. The normalized spacial score (nSPS) is 26.1. The van der Waals surface area contributed by atoms with E-state index in [1.807, 2.05) is 4.90 Å². The number of anilines is 2. The largest absolute Gasteiger partial charge is 0.459 e. The number of carbonyl (C=O) groups is 2. The van der Waals surface area contributed by atoms with Gasteiger partial charge in [-0.1, -0.05) is 6.42 Å². The summed E-state index contributed by atoms with van der Waals surface area (Å²) in [4.78, 5) is 29.4. The molecule has 4 heterocycles. The minimum atomic E-state index is -0.299. The number of urea groups is 1. The Morgan fingerprint density at radius 1 is 0.966 bits per heavy atom. The summed E-state index contributed by atoms with van der Waals surface area (Å²) in [5, 5.41) is 5.77. The van der Waals surface area contributed by atoms with Gasteiger partial charge in [0.2, 0.25) is 0 Å². The number of nitrogens with zero attached hydrogens (tertiary/aromatic N) is 2. The number of amides is 3. The molecule has 3 amide bonds. The third-order valence-corrected chi connectivity index (χ3v) is 6.55. The highest BCUT2D eigenvalue weighted by Crippen LogP contribution is 2.40. The third-order valence-electron chi connectivity index (χ3n) is 6.55. The Morgan fingerprint density at radius 2 is 1.76 bits per heavy atom. The predicted molar refractivity (Wildman–Crippen MR) is 110 cm³/mol. The number of benzene rings is 1. The summed E-state index contributed by atoms with van der Waals surface area (Å²) in [6.45, 7) is 4.07. The summed E-state index contributed by atoms with van der Waals surface area (Å²) in [7, 11) is 0. The first kappa shape index (κ1) is 18.2. The van der Waals surface area contributed by atoms with Gasteiger partial charge in [-0.15, -0.1) is 0 Å². The number of carbonyl (C=O) groups excluding carboxylic acids is 2. The average molecular weight is 394 g/mol. The molecule has 1 aromatic heterocycles. The van der Waals surface area contributed by atoms with Gasteiger partial charge in [0, 0.05) is 37.1 Å². The van der Waals surface area contributed by atoms with Crippen LogP contribution in [-0.4, -0.2) is 54.0 Å². The topological polar surface area (TPSA) is 77.8 Å². The van der Waals surface area contributed by atoms with E-state index in [2.05, 4.69) is 15.5 Å². The summed E-state index contributed by atoms with van der Waals surface area (Å²) in [6, 6.07) is 11.1. The van der Waals surface area contributed by atoms with Gasteiger partial charge in [0.25, 0.3) is 5.91 Å². The predicted octanol–water partition coefficient (Wildman–Crippen LogP) is 3.48. The van der Waals surface area contributed by atoms with Gasteiger partial charge in [-0.05, 0) is 67.6 Å². The minimum Gasteiger partial charge on any atom is -0.459 e. The second kappa shape index (κ2) is 7.55. The zero-order valence-corrected chi connectivity index (χ0v) is 16.3. The van der Waals surface area contributed by atoms with Crippen LogP contribution in [0.4, 0.5) is 16.2 Å². The van der Waals surface area contributed by atoms with Crippen molar-refractivity contribution in [2.75, 3.05) is 36.8 Å². The van der Waals surface area contributed by atoms with Crippen LogP contribution >= 0.6 is 0 Å². The van der Waals surface area contributed by atoms with Crippen molar-refractivity contribution in [1.82, 2.24) is 9.80 Å². The van der Waals surface area contributed by atoms with Crippen molar-refractivity contribution in [2.45, 2.75) is 25.3 Å². The van der Waals surface area contributed by atoms with Crippen molar-refractivity contribution in [3.05, 3.63) is 48.4 Å². The smallest absolute Gasteiger partial charge is 0.321 e. The first-order chi connectivity index (χ1) is 14.2. The molecule has 7 nitrogen and oxygen atoms in total. The lowest BCUT2D eigenvalue weighted by Crippen LogP contribution is -2.41. The first-order valence-electron chi connectivity index (χ1n) is 10.4. The number of fused-ring (bicyclic) bond motifs is 3. The number of likely N-dealkylation sites (tertiary alicyclic amines) is 1. The van der Waals surface area contributed by atoms with Crippen molar-refractivity contribution in [3.8, 4) is 0 Å².